The second-order valence-electron chi connectivity index (χ2n) is 5.64. The van der Waals surface area contributed by atoms with Gasteiger partial charge in [0.05, 0.1) is 0 Å². The number of aryl methyl sites for hydroxylation is 1. The van der Waals surface area contributed by atoms with E-state index in [-0.39, 0.29) is 6.10 Å². The van der Waals surface area contributed by atoms with Crippen LogP contribution in [0.25, 0.3) is 0 Å². The van der Waals surface area contributed by atoms with Crippen LogP contribution in [-0.4, -0.2) is 32.9 Å². The Balaban J connectivity index is 1.52. The van der Waals surface area contributed by atoms with Crippen molar-refractivity contribution in [1.82, 2.24) is 5.32 Å². The van der Waals surface area contributed by atoms with E-state index in [0.29, 0.717) is 13.2 Å². The van der Waals surface area contributed by atoms with Crippen LogP contribution in [0.2, 0.25) is 0 Å². The monoisotopic (exact) mass is 313 g/mol. The fourth-order valence-corrected chi connectivity index (χ4v) is 2.59. The summed E-state index contributed by atoms with van der Waals surface area (Å²) >= 11 is 0. The summed E-state index contributed by atoms with van der Waals surface area (Å²) < 4.78 is 17.5. The van der Waals surface area contributed by atoms with Crippen LogP contribution < -0.4 is 19.5 Å². The summed E-state index contributed by atoms with van der Waals surface area (Å²) in [6, 6.07) is 16.1. The summed E-state index contributed by atoms with van der Waals surface area (Å²) in [6.07, 6.45) is 1.96. The van der Waals surface area contributed by atoms with E-state index in [1.165, 1.54) is 5.56 Å². The Kier molecular flexibility index (Phi) is 5.37. The summed E-state index contributed by atoms with van der Waals surface area (Å²) in [4.78, 5) is 0. The van der Waals surface area contributed by atoms with Gasteiger partial charge in [-0.3, -0.25) is 0 Å². The minimum atomic E-state index is 0.0961. The maximum absolute atomic E-state index is 6.00. The Bertz CT molecular complexity index is 630. The van der Waals surface area contributed by atoms with E-state index >= 15 is 0 Å². The predicted molar refractivity (Wildman–Crippen MR) is 90.5 cm³/mol. The van der Waals surface area contributed by atoms with Gasteiger partial charge in [-0.2, -0.15) is 0 Å². The molecule has 2 aromatic carbocycles. The van der Waals surface area contributed by atoms with Crippen molar-refractivity contribution in [3.05, 3.63) is 54.1 Å². The van der Waals surface area contributed by atoms with Gasteiger partial charge in [-0.1, -0.05) is 24.3 Å². The number of benzene rings is 2. The van der Waals surface area contributed by atoms with E-state index in [2.05, 4.69) is 17.4 Å². The normalized spacial score (nSPS) is 16.1. The molecule has 0 aromatic heterocycles. The molecule has 4 nitrogen and oxygen atoms in total. The van der Waals surface area contributed by atoms with Gasteiger partial charge in [0.1, 0.15) is 25.1 Å². The van der Waals surface area contributed by atoms with E-state index in [4.69, 9.17) is 14.2 Å². The number of hydrogen-bond donors (Lipinski definition) is 1. The fraction of sp³-hybridized carbons (Fsp3) is 0.368. The van der Waals surface area contributed by atoms with Crippen molar-refractivity contribution in [1.29, 1.82) is 0 Å². The second-order valence-corrected chi connectivity index (χ2v) is 5.64. The molecular formula is C19H23NO3. The molecule has 0 fully saturated rings. The lowest BCUT2D eigenvalue weighted by atomic mass is 10.1. The van der Waals surface area contributed by atoms with E-state index in [1.54, 1.807) is 0 Å². The molecule has 1 aliphatic rings. The van der Waals surface area contributed by atoms with Crippen LogP contribution in [-0.2, 0) is 6.42 Å². The lowest BCUT2D eigenvalue weighted by Crippen LogP contribution is -2.29. The molecule has 1 atom stereocenters. The minimum absolute atomic E-state index is 0.0961. The first kappa shape index (κ1) is 15.7. The first-order valence-corrected chi connectivity index (χ1v) is 8.10. The van der Waals surface area contributed by atoms with Crippen LogP contribution in [0, 0.1) is 0 Å². The fourth-order valence-electron chi connectivity index (χ4n) is 2.59. The van der Waals surface area contributed by atoms with Crippen molar-refractivity contribution in [2.24, 2.45) is 0 Å². The standard InChI is InChI=1S/C19H23NO3/c1-20-11-12-21-16-6-4-5-15(13-16)9-10-17-14-22-18-7-2-3-8-19(18)23-17/h2-8,13,17,20H,9-12,14H2,1H3. The lowest BCUT2D eigenvalue weighted by molar-refractivity contribution is 0.0851. The van der Waals surface area contributed by atoms with Crippen molar-refractivity contribution < 1.29 is 14.2 Å². The molecule has 122 valence electrons. The van der Waals surface area contributed by atoms with Crippen LogP contribution in [0.5, 0.6) is 17.2 Å². The summed E-state index contributed by atoms with van der Waals surface area (Å²) in [6.45, 7) is 2.13. The number of rotatable bonds is 7. The van der Waals surface area contributed by atoms with Gasteiger partial charge in [-0.25, -0.2) is 0 Å². The van der Waals surface area contributed by atoms with Crippen molar-refractivity contribution in [3.63, 3.8) is 0 Å². The van der Waals surface area contributed by atoms with Gasteiger partial charge in [-0.15, -0.1) is 0 Å². The first-order chi connectivity index (χ1) is 11.3. The summed E-state index contributed by atoms with van der Waals surface area (Å²) in [7, 11) is 1.92. The third-order valence-electron chi connectivity index (χ3n) is 3.84. The van der Waals surface area contributed by atoms with Gasteiger partial charge in [0, 0.05) is 6.54 Å². The molecule has 1 heterocycles. The summed E-state index contributed by atoms with van der Waals surface area (Å²) in [5, 5.41) is 3.07. The van der Waals surface area contributed by atoms with Gasteiger partial charge < -0.3 is 19.5 Å². The molecule has 2 aromatic rings. The van der Waals surface area contributed by atoms with Gasteiger partial charge in [-0.05, 0) is 49.7 Å². The highest BCUT2D eigenvalue weighted by Crippen LogP contribution is 2.31. The molecule has 0 bridgehead atoms. The maximum atomic E-state index is 6.00. The van der Waals surface area contributed by atoms with Crippen LogP contribution in [0.3, 0.4) is 0 Å². The Morgan fingerprint density at radius 3 is 2.87 bits per heavy atom. The third kappa shape index (κ3) is 4.39. The van der Waals surface area contributed by atoms with E-state index in [0.717, 1.165) is 36.6 Å². The molecule has 0 radical (unpaired) electrons. The molecule has 1 aliphatic heterocycles. The number of hydrogen-bond acceptors (Lipinski definition) is 4. The smallest absolute Gasteiger partial charge is 0.161 e. The predicted octanol–water partition coefficient (Wildman–Crippen LogP) is 3.06. The molecule has 0 amide bonds. The highest BCUT2D eigenvalue weighted by molar-refractivity contribution is 5.40. The Morgan fingerprint density at radius 1 is 1.13 bits per heavy atom. The van der Waals surface area contributed by atoms with Crippen molar-refractivity contribution >= 4 is 0 Å². The molecular weight excluding hydrogens is 290 g/mol. The molecule has 0 spiro atoms. The van der Waals surface area contributed by atoms with Crippen LogP contribution in [0.15, 0.2) is 48.5 Å². The highest BCUT2D eigenvalue weighted by Gasteiger charge is 2.20. The Labute approximate surface area is 137 Å². The Hall–Kier alpha value is -2.20. The molecule has 0 saturated carbocycles. The van der Waals surface area contributed by atoms with Crippen molar-refractivity contribution in [2.45, 2.75) is 18.9 Å². The largest absolute Gasteiger partial charge is 0.492 e. The zero-order chi connectivity index (χ0) is 15.9. The van der Waals surface area contributed by atoms with E-state index < -0.39 is 0 Å². The SMILES string of the molecule is CNCCOc1cccc(CCC2COc3ccccc3O2)c1. The van der Waals surface area contributed by atoms with Crippen molar-refractivity contribution in [3.8, 4) is 17.2 Å². The maximum Gasteiger partial charge on any atom is 0.161 e. The topological polar surface area (TPSA) is 39.7 Å². The van der Waals surface area contributed by atoms with Crippen LogP contribution >= 0.6 is 0 Å². The van der Waals surface area contributed by atoms with Gasteiger partial charge in [0.25, 0.3) is 0 Å². The number of nitrogens with one attached hydrogen (secondary N) is 1. The second kappa shape index (κ2) is 7.88. The van der Waals surface area contributed by atoms with E-state index in [9.17, 15) is 0 Å². The molecule has 1 N–H and O–H groups in total. The number of para-hydroxylation sites is 2. The first-order valence-electron chi connectivity index (χ1n) is 8.10. The molecule has 23 heavy (non-hydrogen) atoms. The quantitative estimate of drug-likeness (QED) is 0.798. The average molecular weight is 313 g/mol. The van der Waals surface area contributed by atoms with Gasteiger partial charge in [0.15, 0.2) is 11.5 Å². The Morgan fingerprint density at radius 2 is 2.00 bits per heavy atom. The van der Waals surface area contributed by atoms with Gasteiger partial charge >= 0.3 is 0 Å². The molecule has 4 heteroatoms. The molecule has 0 aliphatic carbocycles. The lowest BCUT2D eigenvalue weighted by Gasteiger charge is -2.26. The molecule has 3 rings (SSSR count). The number of likely N-dealkylation sites (N-methyl/N-ethyl adjacent to an activating group) is 1. The number of fused-ring (bicyclic) bond motifs is 1. The molecule has 1 unspecified atom stereocenters. The van der Waals surface area contributed by atoms with Crippen molar-refractivity contribution in [2.75, 3.05) is 26.8 Å². The third-order valence-corrected chi connectivity index (χ3v) is 3.84. The summed E-state index contributed by atoms with van der Waals surface area (Å²) in [5.41, 5.74) is 1.26. The minimum Gasteiger partial charge on any atom is -0.492 e. The van der Waals surface area contributed by atoms with Gasteiger partial charge in [0.2, 0.25) is 0 Å². The number of ether oxygens (including phenoxy) is 3. The van der Waals surface area contributed by atoms with Crippen LogP contribution in [0.4, 0.5) is 0 Å². The zero-order valence-electron chi connectivity index (χ0n) is 13.5. The van der Waals surface area contributed by atoms with E-state index in [1.807, 2.05) is 43.4 Å². The molecule has 0 saturated heterocycles. The van der Waals surface area contributed by atoms with Crippen LogP contribution in [0.1, 0.15) is 12.0 Å². The summed E-state index contributed by atoms with van der Waals surface area (Å²) in [5.74, 6) is 2.60. The average Bonchev–Trinajstić information content (AvgIpc) is 2.60. The zero-order valence-corrected chi connectivity index (χ0v) is 13.5. The highest BCUT2D eigenvalue weighted by atomic mass is 16.6.